The van der Waals surface area contributed by atoms with Crippen molar-refractivity contribution in [3.63, 3.8) is 0 Å². The van der Waals surface area contributed by atoms with Crippen molar-refractivity contribution in [1.82, 2.24) is 9.29 Å². The van der Waals surface area contributed by atoms with E-state index >= 15 is 0 Å². The number of sulfonamides is 1. The van der Waals surface area contributed by atoms with Gasteiger partial charge >= 0.3 is 0 Å². The molecule has 1 N–H and O–H groups in total. The molecule has 38 heavy (non-hydrogen) atoms. The van der Waals surface area contributed by atoms with Crippen molar-refractivity contribution in [3.8, 4) is 11.3 Å². The van der Waals surface area contributed by atoms with Crippen LogP contribution in [0.3, 0.4) is 0 Å². The Morgan fingerprint density at radius 1 is 1.11 bits per heavy atom. The summed E-state index contributed by atoms with van der Waals surface area (Å²) >= 11 is 4.67. The van der Waals surface area contributed by atoms with E-state index in [0.717, 1.165) is 15.6 Å². The Hall–Kier alpha value is -3.05. The zero-order chi connectivity index (χ0) is 27.7. The van der Waals surface area contributed by atoms with Crippen LogP contribution in [0.25, 0.3) is 23.5 Å². The number of nitrogens with zero attached hydrogens (tertiary/aromatic N) is 1. The number of nitrogens with one attached hydrogen (secondary N) is 1. The van der Waals surface area contributed by atoms with Gasteiger partial charge in [0, 0.05) is 27.6 Å². The van der Waals surface area contributed by atoms with Crippen molar-refractivity contribution in [2.24, 2.45) is 5.41 Å². The SMILES string of the molecule is CNS(=O)(=O)c1ccc(Cn2c(=O)/c(=C\c3ccc(-c4cccc(Br)c4)o3)s/c2=C/C(=O)C(C)(C)C)cc1. The van der Waals surface area contributed by atoms with Gasteiger partial charge in [0.2, 0.25) is 10.0 Å². The van der Waals surface area contributed by atoms with Crippen molar-refractivity contribution in [2.75, 3.05) is 7.05 Å². The highest BCUT2D eigenvalue weighted by atomic mass is 79.9. The van der Waals surface area contributed by atoms with Gasteiger partial charge in [-0.3, -0.25) is 14.2 Å². The molecular formula is C28H27BrN2O5S2. The van der Waals surface area contributed by atoms with Crippen LogP contribution in [-0.2, 0) is 21.4 Å². The summed E-state index contributed by atoms with van der Waals surface area (Å²) in [4.78, 5) is 26.4. The summed E-state index contributed by atoms with van der Waals surface area (Å²) in [5.41, 5.74) is 0.739. The first kappa shape index (κ1) is 28.0. The molecule has 0 aliphatic heterocycles. The molecule has 0 atom stereocenters. The topological polar surface area (TPSA) is 98.4 Å². The number of benzene rings is 2. The molecule has 0 amide bonds. The average Bonchev–Trinajstić information content (AvgIpc) is 3.44. The van der Waals surface area contributed by atoms with Gasteiger partial charge in [-0.05, 0) is 49.0 Å². The van der Waals surface area contributed by atoms with E-state index in [-0.39, 0.29) is 22.8 Å². The highest BCUT2D eigenvalue weighted by molar-refractivity contribution is 9.10. The fourth-order valence-corrected chi connectivity index (χ4v) is 5.70. The molecule has 4 rings (SSSR count). The predicted octanol–water partition coefficient (Wildman–Crippen LogP) is 4.11. The normalized spacial score (nSPS) is 13.3. The maximum absolute atomic E-state index is 13.5. The number of Topliss-reactive ketones (excluding diaryl/α,β-unsaturated/α-hetero) is 1. The molecule has 2 aromatic heterocycles. The molecule has 0 saturated carbocycles. The second-order valence-electron chi connectivity index (χ2n) is 9.66. The van der Waals surface area contributed by atoms with Crippen LogP contribution in [0.15, 0.2) is 79.2 Å². The summed E-state index contributed by atoms with van der Waals surface area (Å²) < 4.78 is 35.8. The van der Waals surface area contributed by atoms with E-state index in [2.05, 4.69) is 20.7 Å². The molecule has 2 aromatic carbocycles. The average molecular weight is 616 g/mol. The lowest BCUT2D eigenvalue weighted by molar-refractivity contribution is -0.120. The molecule has 0 saturated heterocycles. The van der Waals surface area contributed by atoms with Crippen LogP contribution in [0, 0.1) is 5.41 Å². The van der Waals surface area contributed by atoms with Crippen LogP contribution in [-0.4, -0.2) is 25.8 Å². The molecule has 0 bridgehead atoms. The number of hydrogen-bond acceptors (Lipinski definition) is 6. The maximum Gasteiger partial charge on any atom is 0.269 e. The van der Waals surface area contributed by atoms with E-state index < -0.39 is 15.4 Å². The molecular weight excluding hydrogens is 588 g/mol. The molecule has 2 heterocycles. The van der Waals surface area contributed by atoms with Crippen molar-refractivity contribution in [3.05, 3.63) is 96.0 Å². The molecule has 4 aromatic rings. The minimum atomic E-state index is -3.57. The van der Waals surface area contributed by atoms with Crippen molar-refractivity contribution in [1.29, 1.82) is 0 Å². The van der Waals surface area contributed by atoms with Crippen LogP contribution in [0.5, 0.6) is 0 Å². The highest BCUT2D eigenvalue weighted by Crippen LogP contribution is 2.25. The van der Waals surface area contributed by atoms with E-state index in [1.807, 2.05) is 51.1 Å². The van der Waals surface area contributed by atoms with Gasteiger partial charge in [-0.2, -0.15) is 0 Å². The third kappa shape index (κ3) is 6.32. The Kier molecular flexibility index (Phi) is 8.08. The summed E-state index contributed by atoms with van der Waals surface area (Å²) in [6.07, 6.45) is 3.17. The number of rotatable bonds is 7. The first-order chi connectivity index (χ1) is 17.9. The molecule has 0 aliphatic rings. The number of carbonyl (C=O) groups excluding carboxylic acids is 1. The number of carbonyl (C=O) groups is 1. The molecule has 0 fully saturated rings. The molecule has 7 nitrogen and oxygen atoms in total. The monoisotopic (exact) mass is 614 g/mol. The van der Waals surface area contributed by atoms with Gasteiger partial charge in [-0.25, -0.2) is 13.1 Å². The summed E-state index contributed by atoms with van der Waals surface area (Å²) in [5.74, 6) is 1.07. The van der Waals surface area contributed by atoms with Crippen LogP contribution < -0.4 is 19.5 Å². The van der Waals surface area contributed by atoms with E-state index in [9.17, 15) is 18.0 Å². The van der Waals surface area contributed by atoms with Crippen molar-refractivity contribution in [2.45, 2.75) is 32.2 Å². The molecule has 0 aliphatic carbocycles. The van der Waals surface area contributed by atoms with Gasteiger partial charge in [0.05, 0.1) is 16.0 Å². The zero-order valence-corrected chi connectivity index (χ0v) is 24.5. The highest BCUT2D eigenvalue weighted by Gasteiger charge is 2.20. The van der Waals surface area contributed by atoms with E-state index in [1.54, 1.807) is 24.3 Å². The first-order valence-electron chi connectivity index (χ1n) is 11.7. The van der Waals surface area contributed by atoms with E-state index in [4.69, 9.17) is 4.42 Å². The standard InChI is InChI=1S/C28H27BrN2O5S2/c1-28(2,3)25(32)16-26-31(17-18-8-11-22(12-9-18)38(34,35)30-4)27(33)24(37-26)15-21-10-13-23(36-21)19-6-5-7-20(29)14-19/h5-16,30H,17H2,1-4H3/b24-15+,26-16+. The van der Waals surface area contributed by atoms with Crippen LogP contribution in [0.1, 0.15) is 32.1 Å². The van der Waals surface area contributed by atoms with Gasteiger partial charge in [-0.15, -0.1) is 11.3 Å². The largest absolute Gasteiger partial charge is 0.457 e. The lowest BCUT2D eigenvalue weighted by Gasteiger charge is -2.13. The first-order valence-corrected chi connectivity index (χ1v) is 14.8. The number of furan rings is 1. The Bertz CT molecular complexity index is 1770. The minimum absolute atomic E-state index is 0.107. The summed E-state index contributed by atoms with van der Waals surface area (Å²) in [6.45, 7) is 5.64. The Labute approximate surface area is 233 Å². The second-order valence-corrected chi connectivity index (χ2v) is 13.5. The van der Waals surface area contributed by atoms with E-state index in [0.29, 0.717) is 20.7 Å². The molecule has 0 unspecified atom stereocenters. The van der Waals surface area contributed by atoms with Crippen LogP contribution >= 0.6 is 27.3 Å². The third-order valence-corrected chi connectivity index (χ3v) is 8.77. The molecule has 0 spiro atoms. The summed E-state index contributed by atoms with van der Waals surface area (Å²) in [6, 6.07) is 17.6. The number of thiazole rings is 1. The Morgan fingerprint density at radius 2 is 1.82 bits per heavy atom. The van der Waals surface area contributed by atoms with E-state index in [1.165, 1.54) is 41.2 Å². The lowest BCUT2D eigenvalue weighted by atomic mass is 9.91. The second kappa shape index (κ2) is 11.0. The number of halogens is 1. The fourth-order valence-electron chi connectivity index (χ4n) is 3.55. The molecule has 198 valence electrons. The summed E-state index contributed by atoms with van der Waals surface area (Å²) in [7, 11) is -2.22. The van der Waals surface area contributed by atoms with Crippen LogP contribution in [0.2, 0.25) is 0 Å². The van der Waals surface area contributed by atoms with Gasteiger partial charge in [0.1, 0.15) is 16.2 Å². The van der Waals surface area contributed by atoms with Crippen LogP contribution in [0.4, 0.5) is 0 Å². The van der Waals surface area contributed by atoms with Gasteiger partial charge in [0.25, 0.3) is 5.56 Å². The Morgan fingerprint density at radius 3 is 2.45 bits per heavy atom. The number of hydrogen-bond donors (Lipinski definition) is 1. The smallest absolute Gasteiger partial charge is 0.269 e. The Balaban J connectivity index is 1.78. The predicted molar refractivity (Wildman–Crippen MR) is 154 cm³/mol. The lowest BCUT2D eigenvalue weighted by Crippen LogP contribution is -2.32. The van der Waals surface area contributed by atoms with Gasteiger partial charge in [-0.1, -0.05) is 61.0 Å². The van der Waals surface area contributed by atoms with Crippen molar-refractivity contribution < 1.29 is 17.6 Å². The summed E-state index contributed by atoms with van der Waals surface area (Å²) in [5, 5.41) is 0. The van der Waals surface area contributed by atoms with Gasteiger partial charge < -0.3 is 4.42 Å². The van der Waals surface area contributed by atoms with Gasteiger partial charge in [0.15, 0.2) is 5.78 Å². The number of ketones is 1. The third-order valence-electron chi connectivity index (χ3n) is 5.78. The van der Waals surface area contributed by atoms with Crippen molar-refractivity contribution >= 4 is 55.2 Å². The fraction of sp³-hybridized carbons (Fsp3) is 0.214. The minimum Gasteiger partial charge on any atom is -0.457 e. The zero-order valence-electron chi connectivity index (χ0n) is 21.3. The molecule has 0 radical (unpaired) electrons. The maximum atomic E-state index is 13.5. The molecule has 10 heteroatoms. The number of aromatic nitrogens is 1. The quantitative estimate of drug-likeness (QED) is 0.338.